The Hall–Kier alpha value is 0.480. The fourth-order valence-corrected chi connectivity index (χ4v) is 1.68. The van der Waals surface area contributed by atoms with Gasteiger partial charge in [-0.2, -0.15) is 12.6 Å². The summed E-state index contributed by atoms with van der Waals surface area (Å²) in [4.78, 5) is 10.3. The fraction of sp³-hybridized carbons (Fsp3) is 0.750. The van der Waals surface area contributed by atoms with Gasteiger partial charge in [0.25, 0.3) is 0 Å². The number of thiol groups is 1. The van der Waals surface area contributed by atoms with Crippen molar-refractivity contribution in [3.8, 4) is 0 Å². The number of hydrogen-bond acceptors (Lipinski definition) is 5. The zero-order valence-electron chi connectivity index (χ0n) is 5.40. The van der Waals surface area contributed by atoms with Gasteiger partial charge in [-0.25, -0.2) is 4.72 Å². The summed E-state index contributed by atoms with van der Waals surface area (Å²) in [6.07, 6.45) is 1.87. The first-order valence-corrected chi connectivity index (χ1v) is 5.70. The highest BCUT2D eigenvalue weighted by molar-refractivity contribution is 8.75. The predicted molar refractivity (Wildman–Crippen MR) is 49.5 cm³/mol. The van der Waals surface area contributed by atoms with Crippen LogP contribution in [0.25, 0.3) is 0 Å². The highest BCUT2D eigenvalue weighted by Crippen LogP contribution is 2.12. The van der Waals surface area contributed by atoms with Crippen LogP contribution < -0.4 is 4.72 Å². The van der Waals surface area contributed by atoms with Gasteiger partial charge >= 0.3 is 5.97 Å². The summed E-state index contributed by atoms with van der Waals surface area (Å²) in [7, 11) is 2.78. The maximum absolute atomic E-state index is 10.3. The number of hydrogen-bond donors (Lipinski definition) is 3. The van der Waals surface area contributed by atoms with Crippen molar-refractivity contribution in [1.82, 2.24) is 4.72 Å². The van der Waals surface area contributed by atoms with Gasteiger partial charge in [-0.3, -0.25) is 4.79 Å². The first-order valence-electron chi connectivity index (χ1n) is 2.51. The van der Waals surface area contributed by atoms with E-state index in [2.05, 4.69) is 17.4 Å². The van der Waals surface area contributed by atoms with Gasteiger partial charge in [0.15, 0.2) is 0 Å². The Morgan fingerprint density at radius 1 is 1.90 bits per heavy atom. The lowest BCUT2D eigenvalue weighted by Crippen LogP contribution is -2.33. The number of carboxylic acid groups (broad SMARTS) is 1. The molecule has 0 radical (unpaired) electrons. The molecule has 0 aliphatic rings. The average Bonchev–Trinajstić information content (AvgIpc) is 1.89. The second kappa shape index (κ2) is 6.21. The molecule has 2 N–H and O–H groups in total. The zero-order valence-corrected chi connectivity index (χ0v) is 7.93. The standard InChI is InChI=1S/C4H9NO2S3/c1-9-10-5-3(2-8)4(6)7/h3,5,8H,2H2,1H3,(H,6,7)/t3-/m0/s1. The molecule has 0 bridgehead atoms. The minimum absolute atomic E-state index is 0.308. The maximum Gasteiger partial charge on any atom is 0.322 e. The molecule has 0 saturated heterocycles. The Balaban J connectivity index is 3.50. The summed E-state index contributed by atoms with van der Waals surface area (Å²) >= 11 is 3.86. The molecule has 0 aliphatic carbocycles. The molecule has 0 aromatic heterocycles. The van der Waals surface area contributed by atoms with Crippen LogP contribution in [0.5, 0.6) is 0 Å². The van der Waals surface area contributed by atoms with Crippen LogP contribution in [0.4, 0.5) is 0 Å². The van der Waals surface area contributed by atoms with E-state index in [1.165, 1.54) is 21.8 Å². The van der Waals surface area contributed by atoms with Crippen LogP contribution in [0.15, 0.2) is 0 Å². The van der Waals surface area contributed by atoms with Gasteiger partial charge in [0, 0.05) is 5.75 Å². The lowest BCUT2D eigenvalue weighted by atomic mass is 10.4. The Kier molecular flexibility index (Phi) is 6.50. The quantitative estimate of drug-likeness (QED) is 0.349. The Morgan fingerprint density at radius 2 is 2.50 bits per heavy atom. The van der Waals surface area contributed by atoms with Crippen LogP contribution in [0.1, 0.15) is 0 Å². The average molecular weight is 199 g/mol. The van der Waals surface area contributed by atoms with Crippen molar-refractivity contribution in [1.29, 1.82) is 0 Å². The number of carboxylic acids is 1. The van der Waals surface area contributed by atoms with Gasteiger partial charge in [0.2, 0.25) is 0 Å². The second-order valence-corrected chi connectivity index (χ2v) is 4.04. The van der Waals surface area contributed by atoms with Crippen LogP contribution in [0.3, 0.4) is 0 Å². The molecule has 60 valence electrons. The van der Waals surface area contributed by atoms with Gasteiger partial charge in [-0.1, -0.05) is 10.8 Å². The van der Waals surface area contributed by atoms with E-state index in [1.54, 1.807) is 0 Å². The van der Waals surface area contributed by atoms with E-state index in [4.69, 9.17) is 5.11 Å². The Bertz CT molecular complexity index is 111. The normalized spacial score (nSPS) is 13.0. The third-order valence-corrected chi connectivity index (χ3v) is 2.46. The van der Waals surface area contributed by atoms with Gasteiger partial charge < -0.3 is 5.11 Å². The largest absolute Gasteiger partial charge is 0.480 e. The second-order valence-electron chi connectivity index (χ2n) is 1.44. The third-order valence-electron chi connectivity index (χ3n) is 0.754. The molecule has 0 unspecified atom stereocenters. The maximum atomic E-state index is 10.3. The van der Waals surface area contributed by atoms with E-state index in [-0.39, 0.29) is 0 Å². The molecule has 0 aromatic carbocycles. The number of aliphatic carboxylic acids is 1. The number of nitrogens with one attached hydrogen (secondary N) is 1. The molecular formula is C4H9NO2S3. The van der Waals surface area contributed by atoms with Gasteiger partial charge in [-0.15, -0.1) is 0 Å². The van der Waals surface area contributed by atoms with Crippen molar-refractivity contribution in [2.45, 2.75) is 6.04 Å². The van der Waals surface area contributed by atoms with Crippen LogP contribution in [-0.4, -0.2) is 29.1 Å². The topological polar surface area (TPSA) is 49.3 Å². The van der Waals surface area contributed by atoms with Crippen LogP contribution in [-0.2, 0) is 4.79 Å². The zero-order chi connectivity index (χ0) is 7.98. The monoisotopic (exact) mass is 199 g/mol. The van der Waals surface area contributed by atoms with E-state index in [1.807, 2.05) is 6.26 Å². The molecule has 0 rings (SSSR count). The summed E-state index contributed by atoms with van der Waals surface area (Å²) in [5.74, 6) is -0.556. The van der Waals surface area contributed by atoms with E-state index < -0.39 is 12.0 Å². The van der Waals surface area contributed by atoms with Crippen molar-refractivity contribution >= 4 is 40.4 Å². The van der Waals surface area contributed by atoms with Crippen molar-refractivity contribution in [3.63, 3.8) is 0 Å². The highest BCUT2D eigenvalue weighted by Gasteiger charge is 2.13. The first kappa shape index (κ1) is 10.5. The molecule has 3 nitrogen and oxygen atoms in total. The summed E-state index contributed by atoms with van der Waals surface area (Å²) in [6.45, 7) is 0. The molecule has 1 atom stereocenters. The van der Waals surface area contributed by atoms with E-state index >= 15 is 0 Å². The lowest BCUT2D eigenvalue weighted by molar-refractivity contribution is -0.138. The van der Waals surface area contributed by atoms with Gasteiger partial charge in [0.05, 0.1) is 0 Å². The van der Waals surface area contributed by atoms with E-state index in [0.29, 0.717) is 5.75 Å². The number of rotatable bonds is 5. The van der Waals surface area contributed by atoms with E-state index in [9.17, 15) is 4.79 Å². The molecule has 0 fully saturated rings. The number of carbonyl (C=O) groups is 1. The Morgan fingerprint density at radius 3 is 2.80 bits per heavy atom. The summed E-state index contributed by atoms with van der Waals surface area (Å²) < 4.78 is 2.72. The summed E-state index contributed by atoms with van der Waals surface area (Å²) in [5, 5.41) is 8.47. The minimum Gasteiger partial charge on any atom is -0.480 e. The van der Waals surface area contributed by atoms with Crippen LogP contribution in [0, 0.1) is 0 Å². The van der Waals surface area contributed by atoms with Gasteiger partial charge in [-0.05, 0) is 17.2 Å². The highest BCUT2D eigenvalue weighted by atomic mass is 33.1. The fourth-order valence-electron chi connectivity index (χ4n) is 0.272. The van der Waals surface area contributed by atoms with Crippen molar-refractivity contribution in [2.24, 2.45) is 0 Å². The first-order chi connectivity index (χ1) is 4.72. The molecule has 6 heteroatoms. The molecule has 0 amide bonds. The molecule has 0 aliphatic heterocycles. The lowest BCUT2D eigenvalue weighted by Gasteiger charge is -2.07. The van der Waals surface area contributed by atoms with Crippen LogP contribution >= 0.6 is 34.4 Å². The molecular weight excluding hydrogens is 190 g/mol. The molecule has 0 saturated carbocycles. The smallest absolute Gasteiger partial charge is 0.322 e. The summed E-state index contributed by atoms with van der Waals surface area (Å²) in [6, 6.07) is -0.555. The van der Waals surface area contributed by atoms with Crippen LogP contribution in [0.2, 0.25) is 0 Å². The third kappa shape index (κ3) is 4.32. The predicted octanol–water partition coefficient (Wildman–Crippen LogP) is 0.885. The molecule has 0 aromatic rings. The van der Waals surface area contributed by atoms with Crippen molar-refractivity contribution < 1.29 is 9.90 Å². The molecule has 10 heavy (non-hydrogen) atoms. The minimum atomic E-state index is -0.864. The SMILES string of the molecule is CSSN[C@@H](CS)C(=O)O. The van der Waals surface area contributed by atoms with Gasteiger partial charge in [0.1, 0.15) is 6.04 Å². The summed E-state index contributed by atoms with van der Waals surface area (Å²) in [5.41, 5.74) is 0. The Labute approximate surface area is 73.3 Å². The molecule has 0 spiro atoms. The van der Waals surface area contributed by atoms with Crippen molar-refractivity contribution in [3.05, 3.63) is 0 Å². The van der Waals surface area contributed by atoms with E-state index in [0.717, 1.165) is 0 Å². The van der Waals surface area contributed by atoms with Crippen molar-refractivity contribution in [2.75, 3.05) is 12.0 Å². The molecule has 0 heterocycles.